The zero-order valence-electron chi connectivity index (χ0n) is 12.1. The third kappa shape index (κ3) is 2.15. The lowest BCUT2D eigenvalue weighted by atomic mass is 9.82. The molecule has 2 bridgehead atoms. The standard InChI is InChI=1S/C15H30N2/c1-5-15(6-2,7-3)17-13-8-9-14(17)11-12(10-13)16-4/h12-14,16H,5-11H2,1-4H3. The number of hydrogen-bond donors (Lipinski definition) is 1. The van der Waals surface area contributed by atoms with Crippen molar-refractivity contribution in [3.05, 3.63) is 0 Å². The number of nitrogens with zero attached hydrogens (tertiary/aromatic N) is 1. The number of rotatable bonds is 5. The van der Waals surface area contributed by atoms with Gasteiger partial charge < -0.3 is 5.32 Å². The van der Waals surface area contributed by atoms with Gasteiger partial charge in [-0.3, -0.25) is 4.90 Å². The van der Waals surface area contributed by atoms with Crippen molar-refractivity contribution in [2.24, 2.45) is 0 Å². The van der Waals surface area contributed by atoms with Crippen LogP contribution < -0.4 is 5.32 Å². The summed E-state index contributed by atoms with van der Waals surface area (Å²) in [6.45, 7) is 7.16. The number of piperidine rings is 1. The molecule has 2 aliphatic heterocycles. The lowest BCUT2D eigenvalue weighted by Crippen LogP contribution is -2.58. The molecule has 2 saturated heterocycles. The van der Waals surface area contributed by atoms with E-state index in [-0.39, 0.29) is 0 Å². The van der Waals surface area contributed by atoms with E-state index < -0.39 is 0 Å². The highest BCUT2D eigenvalue weighted by molar-refractivity contribution is 5.04. The quantitative estimate of drug-likeness (QED) is 0.791. The zero-order chi connectivity index (χ0) is 12.5. The average molecular weight is 238 g/mol. The summed E-state index contributed by atoms with van der Waals surface area (Å²) in [7, 11) is 2.13. The Labute approximate surface area is 107 Å². The van der Waals surface area contributed by atoms with Crippen LogP contribution in [0.2, 0.25) is 0 Å². The topological polar surface area (TPSA) is 15.3 Å². The highest BCUT2D eigenvalue weighted by Gasteiger charge is 2.48. The van der Waals surface area contributed by atoms with Crippen LogP contribution in [0.1, 0.15) is 65.7 Å². The summed E-state index contributed by atoms with van der Waals surface area (Å²) < 4.78 is 0. The van der Waals surface area contributed by atoms with Crippen LogP contribution >= 0.6 is 0 Å². The van der Waals surface area contributed by atoms with Gasteiger partial charge in [-0.1, -0.05) is 20.8 Å². The van der Waals surface area contributed by atoms with E-state index in [9.17, 15) is 0 Å². The summed E-state index contributed by atoms with van der Waals surface area (Å²) >= 11 is 0. The van der Waals surface area contributed by atoms with Gasteiger partial charge in [0.25, 0.3) is 0 Å². The molecule has 2 heteroatoms. The Morgan fingerprint density at radius 3 is 1.82 bits per heavy atom. The van der Waals surface area contributed by atoms with Crippen LogP contribution in [0.15, 0.2) is 0 Å². The first kappa shape index (κ1) is 13.4. The normalized spacial score (nSPS) is 34.2. The van der Waals surface area contributed by atoms with E-state index in [2.05, 4.69) is 38.0 Å². The van der Waals surface area contributed by atoms with Gasteiger partial charge in [-0.15, -0.1) is 0 Å². The molecule has 2 aliphatic rings. The van der Waals surface area contributed by atoms with Crippen LogP contribution in [0, 0.1) is 0 Å². The molecule has 0 amide bonds. The van der Waals surface area contributed by atoms with Crippen molar-refractivity contribution >= 4 is 0 Å². The monoisotopic (exact) mass is 238 g/mol. The van der Waals surface area contributed by atoms with Crippen molar-refractivity contribution in [2.45, 2.75) is 89.4 Å². The van der Waals surface area contributed by atoms with Crippen LogP contribution in [-0.4, -0.2) is 35.6 Å². The maximum absolute atomic E-state index is 3.50. The maximum atomic E-state index is 3.50. The molecule has 1 N–H and O–H groups in total. The fraction of sp³-hybridized carbons (Fsp3) is 1.00. The van der Waals surface area contributed by atoms with Crippen molar-refractivity contribution in [3.8, 4) is 0 Å². The van der Waals surface area contributed by atoms with Gasteiger partial charge in [0.05, 0.1) is 0 Å². The van der Waals surface area contributed by atoms with E-state index >= 15 is 0 Å². The lowest BCUT2D eigenvalue weighted by molar-refractivity contribution is -0.00819. The molecule has 0 aromatic rings. The first-order valence-electron chi connectivity index (χ1n) is 7.66. The van der Waals surface area contributed by atoms with Crippen molar-refractivity contribution in [1.29, 1.82) is 0 Å². The van der Waals surface area contributed by atoms with E-state index in [1.807, 2.05) is 0 Å². The minimum absolute atomic E-state index is 0.491. The summed E-state index contributed by atoms with van der Waals surface area (Å²) in [6, 6.07) is 2.48. The van der Waals surface area contributed by atoms with Gasteiger partial charge in [0.2, 0.25) is 0 Å². The van der Waals surface area contributed by atoms with Crippen LogP contribution in [0.4, 0.5) is 0 Å². The minimum Gasteiger partial charge on any atom is -0.317 e. The molecule has 0 aromatic carbocycles. The number of nitrogens with one attached hydrogen (secondary N) is 1. The van der Waals surface area contributed by atoms with E-state index in [1.54, 1.807) is 0 Å². The largest absolute Gasteiger partial charge is 0.317 e. The highest BCUT2D eigenvalue weighted by atomic mass is 15.3. The van der Waals surface area contributed by atoms with Crippen LogP contribution in [-0.2, 0) is 0 Å². The fourth-order valence-electron chi connectivity index (χ4n) is 4.49. The first-order valence-corrected chi connectivity index (χ1v) is 7.66. The molecule has 17 heavy (non-hydrogen) atoms. The van der Waals surface area contributed by atoms with Crippen LogP contribution in [0.3, 0.4) is 0 Å². The SMILES string of the molecule is CCC(CC)(CC)N1C2CCC1CC(NC)C2. The third-order valence-electron chi connectivity index (χ3n) is 5.66. The Bertz CT molecular complexity index is 225. The van der Waals surface area contributed by atoms with E-state index in [0.29, 0.717) is 5.54 Å². The van der Waals surface area contributed by atoms with Crippen LogP contribution in [0.5, 0.6) is 0 Å². The lowest BCUT2D eigenvalue weighted by Gasteiger charge is -2.51. The summed E-state index contributed by atoms with van der Waals surface area (Å²) in [6.07, 6.45) is 9.56. The van der Waals surface area contributed by atoms with Crippen LogP contribution in [0.25, 0.3) is 0 Å². The molecule has 0 spiro atoms. The molecule has 2 unspecified atom stereocenters. The third-order valence-corrected chi connectivity index (χ3v) is 5.66. The van der Waals surface area contributed by atoms with E-state index in [4.69, 9.17) is 0 Å². The molecular formula is C15H30N2. The molecule has 2 rings (SSSR count). The first-order chi connectivity index (χ1) is 8.20. The number of fused-ring (bicyclic) bond motifs is 2. The van der Waals surface area contributed by atoms with Gasteiger partial charge >= 0.3 is 0 Å². The van der Waals surface area contributed by atoms with Gasteiger partial charge in [0.1, 0.15) is 0 Å². The molecule has 0 aliphatic carbocycles. The van der Waals surface area contributed by atoms with Crippen molar-refractivity contribution in [3.63, 3.8) is 0 Å². The Balaban J connectivity index is 2.17. The molecule has 0 radical (unpaired) electrons. The Morgan fingerprint density at radius 1 is 1.00 bits per heavy atom. The van der Waals surface area contributed by atoms with E-state index in [0.717, 1.165) is 18.1 Å². The second-order valence-electron chi connectivity index (χ2n) is 6.03. The second kappa shape index (κ2) is 5.27. The molecule has 100 valence electrons. The second-order valence-corrected chi connectivity index (χ2v) is 6.03. The zero-order valence-corrected chi connectivity index (χ0v) is 12.1. The van der Waals surface area contributed by atoms with Gasteiger partial charge in [0, 0.05) is 23.7 Å². The predicted molar refractivity (Wildman–Crippen MR) is 74.3 cm³/mol. The van der Waals surface area contributed by atoms with Gasteiger partial charge in [0.15, 0.2) is 0 Å². The molecule has 0 aromatic heterocycles. The molecular weight excluding hydrogens is 208 g/mol. The number of hydrogen-bond acceptors (Lipinski definition) is 2. The molecule has 2 nitrogen and oxygen atoms in total. The molecule has 0 saturated carbocycles. The molecule has 2 fully saturated rings. The summed E-state index contributed by atoms with van der Waals surface area (Å²) in [4.78, 5) is 2.93. The van der Waals surface area contributed by atoms with Gasteiger partial charge in [-0.2, -0.15) is 0 Å². The Morgan fingerprint density at radius 2 is 1.47 bits per heavy atom. The fourth-order valence-corrected chi connectivity index (χ4v) is 4.49. The van der Waals surface area contributed by atoms with Gasteiger partial charge in [-0.25, -0.2) is 0 Å². The Kier molecular flexibility index (Phi) is 4.14. The molecule has 2 atom stereocenters. The van der Waals surface area contributed by atoms with E-state index in [1.165, 1.54) is 44.9 Å². The summed E-state index contributed by atoms with van der Waals surface area (Å²) in [5.74, 6) is 0. The van der Waals surface area contributed by atoms with Crippen molar-refractivity contribution in [2.75, 3.05) is 7.05 Å². The van der Waals surface area contributed by atoms with Crippen molar-refractivity contribution < 1.29 is 0 Å². The smallest absolute Gasteiger partial charge is 0.0207 e. The maximum Gasteiger partial charge on any atom is 0.0207 e. The average Bonchev–Trinajstić information content (AvgIpc) is 2.64. The predicted octanol–water partition coefficient (Wildman–Crippen LogP) is 3.17. The Hall–Kier alpha value is -0.0800. The van der Waals surface area contributed by atoms with Gasteiger partial charge in [-0.05, 0) is 52.0 Å². The minimum atomic E-state index is 0.491. The molecule has 2 heterocycles. The summed E-state index contributed by atoms with van der Waals surface area (Å²) in [5.41, 5.74) is 0.491. The van der Waals surface area contributed by atoms with Crippen molar-refractivity contribution in [1.82, 2.24) is 10.2 Å². The summed E-state index contributed by atoms with van der Waals surface area (Å²) in [5, 5.41) is 3.50. The highest BCUT2D eigenvalue weighted by Crippen LogP contribution is 2.44.